The minimum atomic E-state index is -4.77. The molecule has 3 aliphatic rings. The summed E-state index contributed by atoms with van der Waals surface area (Å²) in [6, 6.07) is 10.3. The number of aryl methyl sites for hydroxylation is 2. The summed E-state index contributed by atoms with van der Waals surface area (Å²) >= 11 is 39.5. The Morgan fingerprint density at radius 3 is 1.26 bits per heavy atom. The van der Waals surface area contributed by atoms with Crippen LogP contribution in [0, 0.1) is 0 Å². The molecule has 7 rings (SSSR count). The van der Waals surface area contributed by atoms with E-state index in [9.17, 15) is 9.46 Å². The highest BCUT2D eigenvalue weighted by Gasteiger charge is 2.40. The molecule has 0 saturated heterocycles. The Labute approximate surface area is 279 Å². The summed E-state index contributed by atoms with van der Waals surface area (Å²) in [4.78, 5) is 11.3. The van der Waals surface area contributed by atoms with Gasteiger partial charge in [0.15, 0.2) is 0 Å². The highest BCUT2D eigenvalue weighted by Crippen LogP contribution is 2.63. The van der Waals surface area contributed by atoms with Crippen LogP contribution < -0.4 is 9.05 Å². The van der Waals surface area contributed by atoms with Crippen molar-refractivity contribution >= 4 is 77.4 Å². The second-order valence-electron chi connectivity index (χ2n) is 11.1. The van der Waals surface area contributed by atoms with Crippen LogP contribution in [0.25, 0.3) is 33.4 Å². The summed E-state index contributed by atoms with van der Waals surface area (Å²) in [7, 11) is -4.77. The molecule has 4 aromatic carbocycles. The van der Waals surface area contributed by atoms with E-state index in [0.29, 0.717) is 52.4 Å². The van der Waals surface area contributed by atoms with Crippen molar-refractivity contribution in [2.75, 3.05) is 0 Å². The normalized spacial score (nSPS) is 16.6. The molecule has 43 heavy (non-hydrogen) atoms. The Hall–Kier alpha value is -1.59. The molecular formula is C32H23Cl6O4P. The van der Waals surface area contributed by atoms with Crippen LogP contribution in [0.3, 0.4) is 0 Å². The highest BCUT2D eigenvalue weighted by molar-refractivity contribution is 7.48. The van der Waals surface area contributed by atoms with Gasteiger partial charge < -0.3 is 9.05 Å². The zero-order chi connectivity index (χ0) is 30.2. The number of phosphoric ester groups is 1. The Balaban J connectivity index is 1.67. The molecule has 0 atom stereocenters. The van der Waals surface area contributed by atoms with Crippen molar-refractivity contribution in [1.29, 1.82) is 0 Å². The summed E-state index contributed by atoms with van der Waals surface area (Å²) in [5, 5.41) is 1.95. The van der Waals surface area contributed by atoms with Crippen LogP contribution in [-0.2, 0) is 30.2 Å². The summed E-state index contributed by atoms with van der Waals surface area (Å²) < 4.78 is 25.9. The molecule has 1 N–H and O–H groups in total. The maximum absolute atomic E-state index is 13.9. The van der Waals surface area contributed by atoms with Gasteiger partial charge in [-0.25, -0.2) is 4.57 Å². The smallest absolute Gasteiger partial charge is 0.394 e. The van der Waals surface area contributed by atoms with Crippen molar-refractivity contribution in [2.45, 2.75) is 51.4 Å². The van der Waals surface area contributed by atoms with Gasteiger partial charge in [-0.1, -0.05) is 69.6 Å². The Kier molecular flexibility index (Phi) is 7.93. The van der Waals surface area contributed by atoms with E-state index in [4.69, 9.17) is 78.7 Å². The van der Waals surface area contributed by atoms with E-state index < -0.39 is 7.82 Å². The molecule has 0 radical (unpaired) electrons. The van der Waals surface area contributed by atoms with E-state index in [-0.39, 0.29) is 11.5 Å². The largest absolute Gasteiger partial charge is 0.584 e. The SMILES string of the molecule is O=P1(O)Oc2c(-c3c(Cl)cc(Cl)cc3Cl)cc3c(c2-c2c4c(cc(-c5c(Cl)cc(Cl)cc5Cl)c2O1)CCCC4)CCCC3. The molecule has 4 nitrogen and oxygen atoms in total. The molecule has 0 unspecified atom stereocenters. The first-order valence-electron chi connectivity index (χ1n) is 13.9. The first-order valence-corrected chi connectivity index (χ1v) is 17.7. The van der Waals surface area contributed by atoms with Gasteiger partial charge in [0.05, 0.1) is 20.1 Å². The van der Waals surface area contributed by atoms with E-state index in [1.54, 1.807) is 24.3 Å². The van der Waals surface area contributed by atoms with Gasteiger partial charge >= 0.3 is 7.82 Å². The van der Waals surface area contributed by atoms with E-state index in [1.165, 1.54) is 0 Å². The summed E-state index contributed by atoms with van der Waals surface area (Å²) in [6.45, 7) is 0. The molecule has 0 fully saturated rings. The lowest BCUT2D eigenvalue weighted by Crippen LogP contribution is -2.10. The average molecular weight is 715 g/mol. The van der Waals surface area contributed by atoms with Crippen molar-refractivity contribution in [3.05, 3.63) is 88.8 Å². The zero-order valence-electron chi connectivity index (χ0n) is 22.5. The van der Waals surface area contributed by atoms with Crippen LogP contribution >= 0.6 is 77.4 Å². The van der Waals surface area contributed by atoms with Gasteiger partial charge in [-0.2, -0.15) is 0 Å². The second-order valence-corrected chi connectivity index (χ2v) is 14.9. The van der Waals surface area contributed by atoms with Gasteiger partial charge in [-0.3, -0.25) is 4.89 Å². The van der Waals surface area contributed by atoms with Crippen LogP contribution in [0.15, 0.2) is 36.4 Å². The third-order valence-electron chi connectivity index (χ3n) is 8.42. The molecule has 222 valence electrons. The number of fused-ring (bicyclic) bond motifs is 7. The molecule has 1 heterocycles. The summed E-state index contributed by atoms with van der Waals surface area (Å²) in [5.74, 6) is 0.407. The summed E-state index contributed by atoms with van der Waals surface area (Å²) in [5.41, 5.74) is 7.69. The molecule has 0 bridgehead atoms. The molecular weight excluding hydrogens is 692 g/mol. The van der Waals surface area contributed by atoms with E-state index >= 15 is 0 Å². The van der Waals surface area contributed by atoms with Crippen molar-refractivity contribution < 1.29 is 18.5 Å². The number of halogens is 6. The first kappa shape index (κ1) is 30.1. The van der Waals surface area contributed by atoms with Crippen LogP contribution in [0.2, 0.25) is 30.1 Å². The maximum Gasteiger partial charge on any atom is 0.584 e. The van der Waals surface area contributed by atoms with E-state index in [2.05, 4.69) is 0 Å². The molecule has 2 aliphatic carbocycles. The minimum absolute atomic E-state index is 0.203. The quantitative estimate of drug-likeness (QED) is 0.210. The molecule has 1 aliphatic heterocycles. The van der Waals surface area contributed by atoms with Crippen molar-refractivity contribution in [3.8, 4) is 44.9 Å². The Morgan fingerprint density at radius 1 is 0.535 bits per heavy atom. The van der Waals surface area contributed by atoms with Crippen LogP contribution in [-0.4, -0.2) is 4.89 Å². The second kappa shape index (κ2) is 11.3. The van der Waals surface area contributed by atoms with Crippen LogP contribution in [0.4, 0.5) is 0 Å². The third-order valence-corrected chi connectivity index (χ3v) is 10.9. The van der Waals surface area contributed by atoms with Crippen LogP contribution in [0.1, 0.15) is 47.9 Å². The lowest BCUT2D eigenvalue weighted by molar-refractivity contribution is 0.295. The monoisotopic (exact) mass is 712 g/mol. The van der Waals surface area contributed by atoms with Crippen molar-refractivity contribution in [1.82, 2.24) is 0 Å². The fourth-order valence-corrected chi connectivity index (χ4v) is 9.63. The van der Waals surface area contributed by atoms with Gasteiger partial charge in [0.2, 0.25) is 0 Å². The predicted octanol–water partition coefficient (Wildman–Crippen LogP) is 12.2. The lowest BCUT2D eigenvalue weighted by Gasteiger charge is -2.28. The van der Waals surface area contributed by atoms with E-state index in [0.717, 1.165) is 84.7 Å². The number of benzene rings is 4. The highest BCUT2D eigenvalue weighted by atomic mass is 35.5. The van der Waals surface area contributed by atoms with Gasteiger partial charge in [-0.15, -0.1) is 0 Å². The lowest BCUT2D eigenvalue weighted by atomic mass is 9.77. The fraction of sp³-hybridized carbons (Fsp3) is 0.250. The van der Waals surface area contributed by atoms with Gasteiger partial charge in [0.25, 0.3) is 0 Å². The zero-order valence-corrected chi connectivity index (χ0v) is 27.9. The van der Waals surface area contributed by atoms with Crippen molar-refractivity contribution in [2.24, 2.45) is 0 Å². The van der Waals surface area contributed by atoms with Gasteiger partial charge in [-0.05, 0) is 110 Å². The molecule has 4 aromatic rings. The number of rotatable bonds is 2. The average Bonchev–Trinajstić information content (AvgIpc) is 3.05. The van der Waals surface area contributed by atoms with E-state index in [1.807, 2.05) is 12.1 Å². The maximum atomic E-state index is 13.9. The first-order chi connectivity index (χ1) is 20.5. The van der Waals surface area contributed by atoms with Gasteiger partial charge in [0.1, 0.15) is 11.5 Å². The number of phosphoric acid groups is 1. The van der Waals surface area contributed by atoms with Crippen molar-refractivity contribution in [3.63, 3.8) is 0 Å². The fourth-order valence-electron chi connectivity index (χ4n) is 6.71. The molecule has 0 amide bonds. The molecule has 0 spiro atoms. The molecule has 0 saturated carbocycles. The molecule has 0 aromatic heterocycles. The number of hydrogen-bond acceptors (Lipinski definition) is 3. The number of hydrogen-bond donors (Lipinski definition) is 1. The topological polar surface area (TPSA) is 55.8 Å². The van der Waals surface area contributed by atoms with Crippen LogP contribution in [0.5, 0.6) is 11.5 Å². The summed E-state index contributed by atoms with van der Waals surface area (Å²) in [6.07, 6.45) is 7.11. The standard InChI is InChI=1S/C32H23Cl6O4P/c33-17-11-23(35)27(24(36)12-17)21-9-15-5-1-3-7-19(15)29-30-20-8-4-2-6-16(20)10-22(28-25(37)13-18(34)14-26(28)38)32(30)42-43(39,40)41-31(21)29/h9-14H,1-8H2,(H,39,40). The Morgan fingerprint density at radius 2 is 0.884 bits per heavy atom. The third kappa shape index (κ3) is 5.27. The van der Waals surface area contributed by atoms with Gasteiger partial charge in [0, 0.05) is 43.4 Å². The minimum Gasteiger partial charge on any atom is -0.394 e. The Bertz CT molecular complexity index is 1730. The molecule has 11 heteroatoms. The predicted molar refractivity (Wildman–Crippen MR) is 177 cm³/mol.